The van der Waals surface area contributed by atoms with Gasteiger partial charge in [-0.05, 0) is 65.1 Å². The molecule has 2 nitrogen and oxygen atoms in total. The molecule has 26 heavy (non-hydrogen) atoms. The Kier molecular flexibility index (Phi) is 3.34. The predicted molar refractivity (Wildman–Crippen MR) is 109 cm³/mol. The highest BCUT2D eigenvalue weighted by Crippen LogP contribution is 2.53. The molecule has 0 amide bonds. The van der Waals surface area contributed by atoms with Crippen molar-refractivity contribution in [3.05, 3.63) is 59.7 Å². The molecule has 2 aliphatic rings. The molecule has 132 valence electrons. The van der Waals surface area contributed by atoms with Gasteiger partial charge in [-0.15, -0.1) is 0 Å². The first-order valence-corrected chi connectivity index (χ1v) is 9.72. The molecule has 1 aliphatic carbocycles. The fourth-order valence-electron chi connectivity index (χ4n) is 4.90. The Bertz CT molecular complexity index is 1010. The smallest absolute Gasteiger partial charge is 0.123 e. The topological polar surface area (TPSA) is 23.5 Å². The van der Waals surface area contributed by atoms with E-state index in [1.165, 1.54) is 47.2 Å². The minimum atomic E-state index is -0.0992. The lowest BCUT2D eigenvalue weighted by Gasteiger charge is -2.30. The van der Waals surface area contributed by atoms with Crippen molar-refractivity contribution in [2.45, 2.75) is 38.5 Å². The highest BCUT2D eigenvalue weighted by atomic mass is 16.3. The summed E-state index contributed by atoms with van der Waals surface area (Å²) in [5, 5.41) is 12.7. The third kappa shape index (κ3) is 2.11. The number of benzene rings is 3. The van der Waals surface area contributed by atoms with E-state index in [-0.39, 0.29) is 5.41 Å². The normalized spacial score (nSPS) is 18.0. The van der Waals surface area contributed by atoms with E-state index < -0.39 is 0 Å². The van der Waals surface area contributed by atoms with Crippen molar-refractivity contribution in [2.24, 2.45) is 0 Å². The van der Waals surface area contributed by atoms with Gasteiger partial charge in [0, 0.05) is 29.6 Å². The van der Waals surface area contributed by atoms with Gasteiger partial charge in [0.2, 0.25) is 0 Å². The first kappa shape index (κ1) is 15.7. The van der Waals surface area contributed by atoms with E-state index in [2.05, 4.69) is 49.1 Å². The molecule has 0 unspecified atom stereocenters. The van der Waals surface area contributed by atoms with E-state index in [1.807, 2.05) is 18.2 Å². The summed E-state index contributed by atoms with van der Waals surface area (Å²) < 4.78 is 0. The van der Waals surface area contributed by atoms with E-state index in [4.69, 9.17) is 0 Å². The molecule has 0 bridgehead atoms. The van der Waals surface area contributed by atoms with Gasteiger partial charge in [0.25, 0.3) is 0 Å². The van der Waals surface area contributed by atoms with Crippen LogP contribution < -0.4 is 4.90 Å². The van der Waals surface area contributed by atoms with Gasteiger partial charge in [-0.3, -0.25) is 0 Å². The Morgan fingerprint density at radius 1 is 0.846 bits per heavy atom. The van der Waals surface area contributed by atoms with Crippen LogP contribution in [0, 0.1) is 0 Å². The average molecular weight is 343 g/mol. The summed E-state index contributed by atoms with van der Waals surface area (Å²) in [7, 11) is 0. The lowest BCUT2D eigenvalue weighted by Crippen LogP contribution is -2.29. The van der Waals surface area contributed by atoms with Gasteiger partial charge in [0.1, 0.15) is 5.75 Å². The molecule has 1 fully saturated rings. The third-order valence-corrected chi connectivity index (χ3v) is 6.36. The van der Waals surface area contributed by atoms with Crippen molar-refractivity contribution < 1.29 is 5.11 Å². The van der Waals surface area contributed by atoms with Crippen molar-refractivity contribution in [3.8, 4) is 16.9 Å². The minimum Gasteiger partial charge on any atom is -0.507 e. The quantitative estimate of drug-likeness (QED) is 0.600. The summed E-state index contributed by atoms with van der Waals surface area (Å²) in [5.74, 6) is 0.386. The number of rotatable bonds is 1. The van der Waals surface area contributed by atoms with Crippen LogP contribution in [0.2, 0.25) is 0 Å². The number of nitrogens with zero attached hydrogens (tertiary/aromatic N) is 1. The molecule has 1 heterocycles. The van der Waals surface area contributed by atoms with Crippen LogP contribution in [0.15, 0.2) is 48.5 Å². The van der Waals surface area contributed by atoms with Crippen LogP contribution in [-0.4, -0.2) is 18.2 Å². The fraction of sp³-hybridized carbons (Fsp3) is 0.333. The first-order valence-electron chi connectivity index (χ1n) is 9.72. The van der Waals surface area contributed by atoms with E-state index >= 15 is 0 Å². The zero-order chi connectivity index (χ0) is 17.9. The second kappa shape index (κ2) is 5.51. The van der Waals surface area contributed by atoms with Crippen molar-refractivity contribution in [1.29, 1.82) is 0 Å². The number of phenolic OH excluding ortho intramolecular Hbond substituents is 1. The van der Waals surface area contributed by atoms with E-state index in [9.17, 15) is 5.11 Å². The van der Waals surface area contributed by atoms with E-state index in [0.29, 0.717) is 5.75 Å². The maximum absolute atomic E-state index is 10.6. The summed E-state index contributed by atoms with van der Waals surface area (Å²) in [4.78, 5) is 2.53. The minimum absolute atomic E-state index is 0.0992. The lowest BCUT2D eigenvalue weighted by molar-refractivity contribution is 0.479. The molecule has 5 rings (SSSR count). The Balaban J connectivity index is 1.74. The molecular formula is C24H25NO. The summed E-state index contributed by atoms with van der Waals surface area (Å²) >= 11 is 0. The molecule has 3 aromatic carbocycles. The Hall–Kier alpha value is -2.48. The van der Waals surface area contributed by atoms with Gasteiger partial charge in [-0.1, -0.05) is 44.2 Å². The van der Waals surface area contributed by atoms with Gasteiger partial charge in [0.15, 0.2) is 0 Å². The first-order chi connectivity index (χ1) is 12.6. The van der Waals surface area contributed by atoms with E-state index in [0.717, 1.165) is 23.9 Å². The van der Waals surface area contributed by atoms with Gasteiger partial charge >= 0.3 is 0 Å². The maximum atomic E-state index is 10.6. The average Bonchev–Trinajstić information content (AvgIpc) is 2.90. The third-order valence-electron chi connectivity index (χ3n) is 6.36. The second-order valence-corrected chi connectivity index (χ2v) is 8.27. The van der Waals surface area contributed by atoms with Crippen LogP contribution in [0.5, 0.6) is 5.75 Å². The SMILES string of the molecule is CC1(C)c2cc(N3CCCCC3)ccc2-c2c1cc(O)c1ccccc21. The monoisotopic (exact) mass is 343 g/mol. The lowest BCUT2D eigenvalue weighted by atomic mass is 9.81. The van der Waals surface area contributed by atoms with Crippen molar-refractivity contribution in [1.82, 2.24) is 0 Å². The number of hydrogen-bond donors (Lipinski definition) is 1. The molecule has 0 radical (unpaired) electrons. The zero-order valence-corrected chi connectivity index (χ0v) is 15.5. The standard InChI is InChI=1S/C24H25NO/c1-24(2)20-14-16(25-12-6-3-7-13-25)10-11-19(20)23-18-9-5-4-8-17(18)22(26)15-21(23)24/h4-5,8-11,14-15,26H,3,6-7,12-13H2,1-2H3. The molecule has 0 atom stereocenters. The molecular weight excluding hydrogens is 318 g/mol. The molecule has 2 heteroatoms. The Morgan fingerprint density at radius 3 is 2.35 bits per heavy atom. The number of aromatic hydroxyl groups is 1. The van der Waals surface area contributed by atoms with E-state index in [1.54, 1.807) is 0 Å². The highest BCUT2D eigenvalue weighted by Gasteiger charge is 2.37. The molecule has 0 spiro atoms. The van der Waals surface area contributed by atoms with Crippen LogP contribution in [0.25, 0.3) is 21.9 Å². The Labute approximate surface area is 155 Å². The molecule has 0 aromatic heterocycles. The summed E-state index contributed by atoms with van der Waals surface area (Å²) in [6.07, 6.45) is 3.93. The van der Waals surface area contributed by atoms with Gasteiger partial charge in [0.05, 0.1) is 0 Å². The summed E-state index contributed by atoms with van der Waals surface area (Å²) in [6.45, 7) is 6.89. The van der Waals surface area contributed by atoms with Crippen molar-refractivity contribution in [2.75, 3.05) is 18.0 Å². The molecule has 1 saturated heterocycles. The van der Waals surface area contributed by atoms with Crippen LogP contribution in [0.1, 0.15) is 44.2 Å². The van der Waals surface area contributed by atoms with Gasteiger partial charge < -0.3 is 10.0 Å². The molecule has 1 aliphatic heterocycles. The number of hydrogen-bond acceptors (Lipinski definition) is 2. The summed E-state index contributed by atoms with van der Waals surface area (Å²) in [6, 6.07) is 17.2. The number of fused-ring (bicyclic) bond motifs is 5. The Morgan fingerprint density at radius 2 is 1.58 bits per heavy atom. The van der Waals surface area contributed by atoms with Gasteiger partial charge in [-0.25, -0.2) is 0 Å². The number of piperidine rings is 1. The van der Waals surface area contributed by atoms with Crippen LogP contribution in [0.3, 0.4) is 0 Å². The van der Waals surface area contributed by atoms with Gasteiger partial charge in [-0.2, -0.15) is 0 Å². The summed E-state index contributed by atoms with van der Waals surface area (Å²) in [5.41, 5.74) is 6.48. The molecule has 0 saturated carbocycles. The number of phenols is 1. The maximum Gasteiger partial charge on any atom is 0.123 e. The molecule has 1 N–H and O–H groups in total. The fourth-order valence-corrected chi connectivity index (χ4v) is 4.90. The highest BCUT2D eigenvalue weighted by molar-refractivity contribution is 6.05. The second-order valence-electron chi connectivity index (χ2n) is 8.27. The van der Waals surface area contributed by atoms with Crippen molar-refractivity contribution >= 4 is 16.5 Å². The van der Waals surface area contributed by atoms with Crippen molar-refractivity contribution in [3.63, 3.8) is 0 Å². The van der Waals surface area contributed by atoms with Crippen LogP contribution in [-0.2, 0) is 5.41 Å². The molecule has 3 aromatic rings. The predicted octanol–water partition coefficient (Wildman–Crippen LogP) is 5.84. The largest absolute Gasteiger partial charge is 0.507 e. The van der Waals surface area contributed by atoms with Crippen LogP contribution in [0.4, 0.5) is 5.69 Å². The zero-order valence-electron chi connectivity index (χ0n) is 15.5. The van der Waals surface area contributed by atoms with Crippen LogP contribution >= 0.6 is 0 Å². The number of anilines is 1.